The van der Waals surface area contributed by atoms with E-state index in [0.717, 1.165) is 44.9 Å². The molecule has 0 aromatic carbocycles. The van der Waals surface area contributed by atoms with Crippen molar-refractivity contribution < 1.29 is 19.4 Å². The molecule has 0 saturated heterocycles. The summed E-state index contributed by atoms with van der Waals surface area (Å²) in [5, 5.41) is 8.43. The summed E-state index contributed by atoms with van der Waals surface area (Å²) in [6.45, 7) is 1.63. The van der Waals surface area contributed by atoms with E-state index in [0.29, 0.717) is 6.42 Å². The lowest BCUT2D eigenvalue weighted by Gasteiger charge is -2.03. The highest BCUT2D eigenvalue weighted by Crippen LogP contribution is 2.12. The number of carbonyl (C=O) groups is 2. The quantitative estimate of drug-likeness (QED) is 0.104. The molecule has 4 nitrogen and oxygen atoms in total. The van der Waals surface area contributed by atoms with Crippen LogP contribution in [0.2, 0.25) is 0 Å². The second-order valence-electron chi connectivity index (χ2n) is 8.13. The van der Waals surface area contributed by atoms with E-state index in [1.807, 2.05) is 0 Å². The highest BCUT2D eigenvalue weighted by atomic mass is 16.5. The maximum absolute atomic E-state index is 11.3. The van der Waals surface area contributed by atoms with Gasteiger partial charge in [-0.05, 0) is 44.9 Å². The minimum Gasteiger partial charge on any atom is -0.479 e. The first kappa shape index (κ1) is 29.9. The number of rotatable bonds is 22. The van der Waals surface area contributed by atoms with Crippen molar-refractivity contribution in [3.8, 4) is 0 Å². The van der Waals surface area contributed by atoms with Crippen molar-refractivity contribution in [3.63, 3.8) is 0 Å². The lowest BCUT2D eigenvalue weighted by Crippen LogP contribution is -2.12. The monoisotopic (exact) mass is 446 g/mol. The molecule has 0 amide bonds. The van der Waals surface area contributed by atoms with Gasteiger partial charge in [-0.1, -0.05) is 107 Å². The molecule has 4 heteroatoms. The number of unbranched alkanes of at least 4 members (excludes halogenated alkanes) is 10. The third-order valence-electron chi connectivity index (χ3n) is 5.08. The molecule has 0 aliphatic carbocycles. The molecule has 0 heterocycles. The van der Waals surface area contributed by atoms with Gasteiger partial charge in [0.25, 0.3) is 0 Å². The predicted molar refractivity (Wildman–Crippen MR) is 135 cm³/mol. The number of aliphatic carboxylic acids is 1. The molecule has 0 aromatic rings. The van der Waals surface area contributed by atoms with E-state index in [1.54, 1.807) is 0 Å². The summed E-state index contributed by atoms with van der Waals surface area (Å²) in [7, 11) is 0. The minimum absolute atomic E-state index is 0.326. The van der Waals surface area contributed by atoms with Crippen LogP contribution in [0.4, 0.5) is 0 Å². The number of carboxylic acids is 1. The van der Waals surface area contributed by atoms with E-state index in [2.05, 4.69) is 60.3 Å². The SMILES string of the molecule is CC/C=C\C/C=C\C/C=C\C/C=C\CCCCCCCCCCCCC(=O)OCC(=O)O. The van der Waals surface area contributed by atoms with Gasteiger partial charge in [-0.25, -0.2) is 4.79 Å². The zero-order chi connectivity index (χ0) is 23.5. The van der Waals surface area contributed by atoms with Gasteiger partial charge in [-0.15, -0.1) is 0 Å². The average Bonchev–Trinajstić information content (AvgIpc) is 2.78. The van der Waals surface area contributed by atoms with Crippen molar-refractivity contribution in [1.29, 1.82) is 0 Å². The second-order valence-corrected chi connectivity index (χ2v) is 8.13. The Bertz CT molecular complexity index is 558. The van der Waals surface area contributed by atoms with E-state index in [9.17, 15) is 9.59 Å². The van der Waals surface area contributed by atoms with Crippen LogP contribution >= 0.6 is 0 Å². The summed E-state index contributed by atoms with van der Waals surface area (Å²) < 4.78 is 4.60. The summed E-state index contributed by atoms with van der Waals surface area (Å²) in [5.74, 6) is -1.51. The van der Waals surface area contributed by atoms with Crippen LogP contribution in [0.15, 0.2) is 48.6 Å². The summed E-state index contributed by atoms with van der Waals surface area (Å²) >= 11 is 0. The molecule has 0 bridgehead atoms. The Morgan fingerprint density at radius 3 is 1.56 bits per heavy atom. The number of carboxylic acid groups (broad SMARTS) is 1. The van der Waals surface area contributed by atoms with Gasteiger partial charge in [0.2, 0.25) is 0 Å². The van der Waals surface area contributed by atoms with Crippen LogP contribution < -0.4 is 0 Å². The van der Waals surface area contributed by atoms with Crippen molar-refractivity contribution in [2.75, 3.05) is 6.61 Å². The molecule has 0 fully saturated rings. The normalized spacial score (nSPS) is 12.0. The molecule has 0 radical (unpaired) electrons. The van der Waals surface area contributed by atoms with Crippen molar-refractivity contribution in [1.82, 2.24) is 0 Å². The molecule has 0 saturated carbocycles. The van der Waals surface area contributed by atoms with Gasteiger partial charge in [0.15, 0.2) is 6.61 Å². The molecule has 182 valence electrons. The van der Waals surface area contributed by atoms with Crippen LogP contribution in [0.5, 0.6) is 0 Å². The van der Waals surface area contributed by atoms with Crippen molar-refractivity contribution >= 4 is 11.9 Å². The lowest BCUT2D eigenvalue weighted by atomic mass is 10.1. The first-order valence-electron chi connectivity index (χ1n) is 12.6. The highest BCUT2D eigenvalue weighted by Gasteiger charge is 2.05. The number of carbonyl (C=O) groups excluding carboxylic acids is 1. The highest BCUT2D eigenvalue weighted by molar-refractivity contribution is 5.75. The maximum atomic E-state index is 11.3. The molecule has 0 aliphatic heterocycles. The Morgan fingerprint density at radius 2 is 1.06 bits per heavy atom. The van der Waals surface area contributed by atoms with Crippen molar-refractivity contribution in [3.05, 3.63) is 48.6 Å². The topological polar surface area (TPSA) is 63.6 Å². The fourth-order valence-electron chi connectivity index (χ4n) is 3.26. The lowest BCUT2D eigenvalue weighted by molar-refractivity contribution is -0.155. The molecule has 0 unspecified atom stereocenters. The molecule has 32 heavy (non-hydrogen) atoms. The molecular formula is C28H46O4. The molecule has 0 aromatic heterocycles. The Balaban J connectivity index is 3.29. The number of hydrogen-bond donors (Lipinski definition) is 1. The van der Waals surface area contributed by atoms with E-state index in [-0.39, 0.29) is 0 Å². The van der Waals surface area contributed by atoms with Gasteiger partial charge >= 0.3 is 11.9 Å². The number of hydrogen-bond acceptors (Lipinski definition) is 3. The summed E-state index contributed by atoms with van der Waals surface area (Å²) in [4.78, 5) is 21.6. The van der Waals surface area contributed by atoms with E-state index >= 15 is 0 Å². The van der Waals surface area contributed by atoms with Gasteiger partial charge in [-0.2, -0.15) is 0 Å². The molecule has 0 atom stereocenters. The zero-order valence-corrected chi connectivity index (χ0v) is 20.3. The molecule has 0 spiro atoms. The van der Waals surface area contributed by atoms with Gasteiger partial charge in [0, 0.05) is 6.42 Å². The molecule has 0 rings (SSSR count). The molecule has 1 N–H and O–H groups in total. The van der Waals surface area contributed by atoms with E-state index < -0.39 is 18.5 Å². The fourth-order valence-corrected chi connectivity index (χ4v) is 3.26. The fraction of sp³-hybridized carbons (Fsp3) is 0.643. The van der Waals surface area contributed by atoms with Gasteiger partial charge in [-0.3, -0.25) is 4.79 Å². The zero-order valence-electron chi connectivity index (χ0n) is 20.3. The largest absolute Gasteiger partial charge is 0.479 e. The van der Waals surface area contributed by atoms with Crippen LogP contribution in [-0.2, 0) is 14.3 Å². The van der Waals surface area contributed by atoms with Crippen LogP contribution in [0.1, 0.15) is 110 Å². The Labute approximate surface area is 196 Å². The third-order valence-corrected chi connectivity index (χ3v) is 5.08. The van der Waals surface area contributed by atoms with Crippen molar-refractivity contribution in [2.24, 2.45) is 0 Å². The van der Waals surface area contributed by atoms with Gasteiger partial charge < -0.3 is 9.84 Å². The van der Waals surface area contributed by atoms with E-state index in [1.165, 1.54) is 51.4 Å². The van der Waals surface area contributed by atoms with E-state index in [4.69, 9.17) is 5.11 Å². The van der Waals surface area contributed by atoms with Crippen LogP contribution in [0.3, 0.4) is 0 Å². The molecular weight excluding hydrogens is 400 g/mol. The van der Waals surface area contributed by atoms with Crippen molar-refractivity contribution in [2.45, 2.75) is 110 Å². The number of allylic oxidation sites excluding steroid dienone is 8. The Kier molecular flexibility index (Phi) is 23.5. The number of esters is 1. The van der Waals surface area contributed by atoms with Gasteiger partial charge in [0.05, 0.1) is 0 Å². The first-order chi connectivity index (χ1) is 15.7. The molecule has 0 aliphatic rings. The smallest absolute Gasteiger partial charge is 0.341 e. The number of ether oxygens (including phenoxy) is 1. The standard InChI is InChI=1S/C28H46O4/c1-2-3-4-5-6-7-8-9-10-11-12-13-14-15-16-17-18-19-20-21-22-23-24-25-28(31)32-26-27(29)30/h3-4,6-7,9-10,12-13H,2,5,8,11,14-26H2,1H3,(H,29,30)/b4-3-,7-6-,10-9-,13-12-. The average molecular weight is 447 g/mol. The minimum atomic E-state index is -1.10. The second kappa shape index (κ2) is 25.2. The predicted octanol–water partition coefficient (Wildman–Crippen LogP) is 8.10. The summed E-state index contributed by atoms with van der Waals surface area (Å²) in [5.41, 5.74) is 0. The first-order valence-corrected chi connectivity index (χ1v) is 12.6. The summed E-state index contributed by atoms with van der Waals surface area (Å²) in [6.07, 6.45) is 35.6. The maximum Gasteiger partial charge on any atom is 0.341 e. The summed E-state index contributed by atoms with van der Waals surface area (Å²) in [6, 6.07) is 0. The Hall–Kier alpha value is -2.10. The third kappa shape index (κ3) is 25.9. The van der Waals surface area contributed by atoms with Crippen LogP contribution in [0, 0.1) is 0 Å². The van der Waals surface area contributed by atoms with Gasteiger partial charge in [0.1, 0.15) is 0 Å². The Morgan fingerprint density at radius 1 is 0.625 bits per heavy atom. The van der Waals surface area contributed by atoms with Crippen LogP contribution in [-0.4, -0.2) is 23.7 Å². The van der Waals surface area contributed by atoms with Crippen LogP contribution in [0.25, 0.3) is 0 Å².